The summed E-state index contributed by atoms with van der Waals surface area (Å²) < 4.78 is 10.8. The third-order valence-electron chi connectivity index (χ3n) is 3.54. The van der Waals surface area contributed by atoms with Gasteiger partial charge in [-0.3, -0.25) is 4.79 Å². The molecule has 1 N–H and O–H groups in total. The molecule has 1 amide bonds. The van der Waals surface area contributed by atoms with E-state index in [1.54, 1.807) is 7.11 Å². The summed E-state index contributed by atoms with van der Waals surface area (Å²) in [5, 5.41) is 2.82. The van der Waals surface area contributed by atoms with Crippen molar-refractivity contribution in [1.29, 1.82) is 0 Å². The number of hydrogen-bond acceptors (Lipinski definition) is 3. The van der Waals surface area contributed by atoms with Gasteiger partial charge in [-0.15, -0.1) is 0 Å². The Bertz CT molecular complexity index is 680. The first kappa shape index (κ1) is 15.9. The summed E-state index contributed by atoms with van der Waals surface area (Å²) in [5.74, 6) is 1.14. The fraction of sp³-hybridized carbons (Fsp3) is 0.278. The number of methoxy groups -OCH3 is 1. The quantitative estimate of drug-likeness (QED) is 0.917. The SMILES string of the molecule is COc1ccc(C)cc1NC(=O)COc1cccc(C)c1C. The molecule has 0 heterocycles. The summed E-state index contributed by atoms with van der Waals surface area (Å²) in [7, 11) is 1.58. The van der Waals surface area contributed by atoms with E-state index in [0.717, 1.165) is 22.4 Å². The minimum atomic E-state index is -0.218. The summed E-state index contributed by atoms with van der Waals surface area (Å²) >= 11 is 0. The first-order valence-electron chi connectivity index (χ1n) is 7.14. The van der Waals surface area contributed by atoms with Gasteiger partial charge in [-0.05, 0) is 55.7 Å². The number of benzene rings is 2. The van der Waals surface area contributed by atoms with Gasteiger partial charge >= 0.3 is 0 Å². The second-order valence-corrected chi connectivity index (χ2v) is 5.24. The van der Waals surface area contributed by atoms with Crippen molar-refractivity contribution in [2.75, 3.05) is 19.0 Å². The summed E-state index contributed by atoms with van der Waals surface area (Å²) in [6.07, 6.45) is 0. The van der Waals surface area contributed by atoms with Gasteiger partial charge in [-0.25, -0.2) is 0 Å². The summed E-state index contributed by atoms with van der Waals surface area (Å²) in [5.41, 5.74) is 3.88. The molecule has 0 unspecified atom stereocenters. The Kier molecular flexibility index (Phi) is 5.04. The van der Waals surface area contributed by atoms with E-state index in [1.807, 2.05) is 57.2 Å². The molecule has 0 radical (unpaired) electrons. The molecule has 0 fully saturated rings. The zero-order valence-corrected chi connectivity index (χ0v) is 13.4. The van der Waals surface area contributed by atoms with Crippen molar-refractivity contribution in [3.05, 3.63) is 53.1 Å². The van der Waals surface area contributed by atoms with Crippen LogP contribution in [0.4, 0.5) is 5.69 Å². The molecule has 0 saturated carbocycles. The lowest BCUT2D eigenvalue weighted by molar-refractivity contribution is -0.118. The van der Waals surface area contributed by atoms with E-state index < -0.39 is 0 Å². The summed E-state index contributed by atoms with van der Waals surface area (Å²) in [6.45, 7) is 5.91. The normalized spacial score (nSPS) is 10.2. The number of hydrogen-bond donors (Lipinski definition) is 1. The number of ether oxygens (including phenoxy) is 2. The zero-order chi connectivity index (χ0) is 16.1. The molecular weight excluding hydrogens is 278 g/mol. The van der Waals surface area contributed by atoms with Crippen molar-refractivity contribution in [3.8, 4) is 11.5 Å². The molecule has 0 aliphatic carbocycles. The Labute approximate surface area is 131 Å². The lowest BCUT2D eigenvalue weighted by atomic mass is 10.1. The summed E-state index contributed by atoms with van der Waals surface area (Å²) in [4.78, 5) is 12.1. The Balaban J connectivity index is 2.02. The molecule has 2 aromatic carbocycles. The van der Waals surface area contributed by atoms with E-state index in [9.17, 15) is 4.79 Å². The van der Waals surface area contributed by atoms with Crippen LogP contribution in [-0.2, 0) is 4.79 Å². The fourth-order valence-electron chi connectivity index (χ4n) is 2.13. The Morgan fingerprint density at radius 1 is 1.09 bits per heavy atom. The third-order valence-corrected chi connectivity index (χ3v) is 3.54. The molecule has 2 aromatic rings. The maximum absolute atomic E-state index is 12.1. The summed E-state index contributed by atoms with van der Waals surface area (Å²) in [6, 6.07) is 11.4. The third kappa shape index (κ3) is 3.79. The van der Waals surface area contributed by atoms with E-state index in [0.29, 0.717) is 11.4 Å². The number of aryl methyl sites for hydroxylation is 2. The molecular formula is C18H21NO3. The molecule has 22 heavy (non-hydrogen) atoms. The molecule has 0 spiro atoms. The molecule has 4 nitrogen and oxygen atoms in total. The van der Waals surface area contributed by atoms with E-state index in [2.05, 4.69) is 5.32 Å². The minimum Gasteiger partial charge on any atom is -0.495 e. The smallest absolute Gasteiger partial charge is 0.262 e. The van der Waals surface area contributed by atoms with Crippen molar-refractivity contribution in [1.82, 2.24) is 0 Å². The van der Waals surface area contributed by atoms with Gasteiger partial charge in [0, 0.05) is 0 Å². The first-order chi connectivity index (χ1) is 10.5. The van der Waals surface area contributed by atoms with Crippen LogP contribution in [0.2, 0.25) is 0 Å². The Morgan fingerprint density at radius 2 is 1.86 bits per heavy atom. The number of anilines is 1. The second kappa shape index (κ2) is 6.98. The lowest BCUT2D eigenvalue weighted by Crippen LogP contribution is -2.20. The number of carbonyl (C=O) groups excluding carboxylic acids is 1. The average molecular weight is 299 g/mol. The van der Waals surface area contributed by atoms with Crippen molar-refractivity contribution >= 4 is 11.6 Å². The van der Waals surface area contributed by atoms with Crippen LogP contribution < -0.4 is 14.8 Å². The largest absolute Gasteiger partial charge is 0.495 e. The monoisotopic (exact) mass is 299 g/mol. The molecule has 0 saturated heterocycles. The molecule has 0 aliphatic heterocycles. The number of rotatable bonds is 5. The molecule has 4 heteroatoms. The molecule has 0 bridgehead atoms. The van der Waals surface area contributed by atoms with Crippen LogP contribution in [0.25, 0.3) is 0 Å². The van der Waals surface area contributed by atoms with Crippen LogP contribution in [-0.4, -0.2) is 19.6 Å². The first-order valence-corrected chi connectivity index (χ1v) is 7.14. The predicted molar refractivity (Wildman–Crippen MR) is 87.8 cm³/mol. The number of carbonyl (C=O) groups is 1. The van der Waals surface area contributed by atoms with E-state index in [-0.39, 0.29) is 12.5 Å². The molecule has 0 atom stereocenters. The highest BCUT2D eigenvalue weighted by molar-refractivity contribution is 5.93. The van der Waals surface area contributed by atoms with Crippen molar-refractivity contribution < 1.29 is 14.3 Å². The second-order valence-electron chi connectivity index (χ2n) is 5.24. The van der Waals surface area contributed by atoms with Gasteiger partial charge in [0.25, 0.3) is 5.91 Å². The van der Waals surface area contributed by atoms with Gasteiger partial charge in [0.05, 0.1) is 12.8 Å². The highest BCUT2D eigenvalue weighted by Gasteiger charge is 2.10. The fourth-order valence-corrected chi connectivity index (χ4v) is 2.13. The van der Waals surface area contributed by atoms with Crippen LogP contribution in [0.5, 0.6) is 11.5 Å². The average Bonchev–Trinajstić information content (AvgIpc) is 2.49. The molecule has 116 valence electrons. The van der Waals surface area contributed by atoms with Gasteiger partial charge in [0.15, 0.2) is 6.61 Å². The minimum absolute atomic E-state index is 0.0403. The molecule has 0 aliphatic rings. The van der Waals surface area contributed by atoms with Gasteiger partial charge in [-0.2, -0.15) is 0 Å². The number of amides is 1. The van der Waals surface area contributed by atoms with Gasteiger partial charge in [0.2, 0.25) is 0 Å². The predicted octanol–water partition coefficient (Wildman–Crippen LogP) is 3.64. The number of nitrogens with one attached hydrogen (secondary N) is 1. The van der Waals surface area contributed by atoms with Crippen LogP contribution in [0.3, 0.4) is 0 Å². The van der Waals surface area contributed by atoms with Gasteiger partial charge < -0.3 is 14.8 Å². The standard InChI is InChI=1S/C18H21NO3/c1-12-8-9-17(21-4)15(10-12)19-18(20)11-22-16-7-5-6-13(2)14(16)3/h5-10H,11H2,1-4H3,(H,19,20). The van der Waals surface area contributed by atoms with Crippen molar-refractivity contribution in [2.24, 2.45) is 0 Å². The van der Waals surface area contributed by atoms with Crippen LogP contribution in [0.1, 0.15) is 16.7 Å². The van der Waals surface area contributed by atoms with Crippen molar-refractivity contribution in [3.63, 3.8) is 0 Å². The van der Waals surface area contributed by atoms with Gasteiger partial charge in [-0.1, -0.05) is 18.2 Å². The van der Waals surface area contributed by atoms with Gasteiger partial charge in [0.1, 0.15) is 11.5 Å². The Morgan fingerprint density at radius 3 is 2.59 bits per heavy atom. The highest BCUT2D eigenvalue weighted by Crippen LogP contribution is 2.25. The Hall–Kier alpha value is -2.49. The van der Waals surface area contributed by atoms with E-state index >= 15 is 0 Å². The highest BCUT2D eigenvalue weighted by atomic mass is 16.5. The topological polar surface area (TPSA) is 47.6 Å². The van der Waals surface area contributed by atoms with Crippen molar-refractivity contribution in [2.45, 2.75) is 20.8 Å². The zero-order valence-electron chi connectivity index (χ0n) is 13.4. The van der Waals surface area contributed by atoms with Crippen LogP contribution >= 0.6 is 0 Å². The molecule has 2 rings (SSSR count). The maximum Gasteiger partial charge on any atom is 0.262 e. The molecule has 0 aromatic heterocycles. The van der Waals surface area contributed by atoms with E-state index in [1.165, 1.54) is 0 Å². The van der Waals surface area contributed by atoms with Crippen LogP contribution in [0.15, 0.2) is 36.4 Å². The maximum atomic E-state index is 12.1. The lowest BCUT2D eigenvalue weighted by Gasteiger charge is -2.13. The van der Waals surface area contributed by atoms with Crippen LogP contribution in [0, 0.1) is 20.8 Å². The van der Waals surface area contributed by atoms with E-state index in [4.69, 9.17) is 9.47 Å².